The van der Waals surface area contributed by atoms with Crippen molar-refractivity contribution < 1.29 is 17.9 Å². The molecule has 29 heavy (non-hydrogen) atoms. The molecule has 0 saturated carbocycles. The minimum Gasteiger partial charge on any atom is -0.373 e. The predicted octanol–water partition coefficient (Wildman–Crippen LogP) is 3.28. The smallest absolute Gasteiger partial charge is 0.243 e. The van der Waals surface area contributed by atoms with Crippen LogP contribution in [0.15, 0.2) is 59.6 Å². The second-order valence-electron chi connectivity index (χ2n) is 7.61. The molecule has 2 aromatic heterocycles. The Kier molecular flexibility index (Phi) is 5.06. The third-order valence-corrected chi connectivity index (χ3v) is 7.03. The van der Waals surface area contributed by atoms with Crippen molar-refractivity contribution in [2.24, 2.45) is 0 Å². The molecule has 3 heterocycles. The van der Waals surface area contributed by atoms with E-state index in [2.05, 4.69) is 0 Å². The summed E-state index contributed by atoms with van der Waals surface area (Å²) in [4.78, 5) is 13.4. The van der Waals surface area contributed by atoms with E-state index in [9.17, 15) is 13.2 Å². The first-order chi connectivity index (χ1) is 13.8. The van der Waals surface area contributed by atoms with Gasteiger partial charge >= 0.3 is 0 Å². The van der Waals surface area contributed by atoms with E-state index in [1.165, 1.54) is 10.4 Å². The molecule has 1 aliphatic heterocycles. The zero-order valence-electron chi connectivity index (χ0n) is 16.7. The van der Waals surface area contributed by atoms with Crippen LogP contribution in [0.2, 0.25) is 0 Å². The van der Waals surface area contributed by atoms with Gasteiger partial charge in [0.15, 0.2) is 0 Å². The average Bonchev–Trinajstić information content (AvgIpc) is 3.02. The van der Waals surface area contributed by atoms with Crippen LogP contribution >= 0.6 is 0 Å². The predicted molar refractivity (Wildman–Crippen MR) is 111 cm³/mol. The highest BCUT2D eigenvalue weighted by Crippen LogP contribution is 2.24. The highest BCUT2D eigenvalue weighted by Gasteiger charge is 2.32. The first-order valence-corrected chi connectivity index (χ1v) is 11.1. The van der Waals surface area contributed by atoms with Crippen molar-refractivity contribution in [2.75, 3.05) is 13.1 Å². The monoisotopic (exact) mass is 412 g/mol. The molecule has 2 atom stereocenters. The van der Waals surface area contributed by atoms with Gasteiger partial charge in [-0.25, -0.2) is 8.42 Å². The Morgan fingerprint density at radius 1 is 1.03 bits per heavy atom. The van der Waals surface area contributed by atoms with E-state index in [-0.39, 0.29) is 22.9 Å². The van der Waals surface area contributed by atoms with Crippen molar-refractivity contribution in [3.05, 3.63) is 71.5 Å². The molecule has 1 aromatic carbocycles. The van der Waals surface area contributed by atoms with Crippen molar-refractivity contribution in [1.29, 1.82) is 0 Å². The van der Waals surface area contributed by atoms with Gasteiger partial charge in [-0.15, -0.1) is 0 Å². The van der Waals surface area contributed by atoms with Crippen LogP contribution in [0.4, 0.5) is 0 Å². The lowest BCUT2D eigenvalue weighted by atomic mass is 10.1. The summed E-state index contributed by atoms with van der Waals surface area (Å²) in [5.74, 6) is -0.200. The first-order valence-electron chi connectivity index (χ1n) is 9.64. The molecule has 0 unspecified atom stereocenters. The molecule has 0 aliphatic carbocycles. The Labute approximate surface area is 170 Å². The SMILES string of the molecule is Cc1cc2ccccn2c1C(=O)c1cccc(S(=O)(=O)N2C[C@@H](C)O[C@H](C)C2)c1. The molecule has 152 valence electrons. The molecule has 1 saturated heterocycles. The van der Waals surface area contributed by atoms with Crippen LogP contribution in [0, 0.1) is 6.92 Å². The summed E-state index contributed by atoms with van der Waals surface area (Å²) in [6.45, 7) is 6.20. The van der Waals surface area contributed by atoms with E-state index < -0.39 is 10.0 Å². The number of fused-ring (bicyclic) bond motifs is 1. The standard InChI is InChI=1S/C22H24N2O4S/c1-15-11-19-8-4-5-10-24(19)21(15)22(25)18-7-6-9-20(12-18)29(26,27)23-13-16(2)28-17(3)14-23/h4-12,16-17H,13-14H2,1-3H3/t16-,17-/m1/s1. The molecular formula is C22H24N2O4S. The van der Waals surface area contributed by atoms with Gasteiger partial charge in [0.1, 0.15) is 0 Å². The topological polar surface area (TPSA) is 68.1 Å². The maximum Gasteiger partial charge on any atom is 0.243 e. The summed E-state index contributed by atoms with van der Waals surface area (Å²) in [6, 6.07) is 14.0. The highest BCUT2D eigenvalue weighted by atomic mass is 32.2. The van der Waals surface area contributed by atoms with Gasteiger partial charge in [-0.2, -0.15) is 4.31 Å². The van der Waals surface area contributed by atoms with Crippen LogP contribution in [0.1, 0.15) is 35.5 Å². The summed E-state index contributed by atoms with van der Waals surface area (Å²) in [5.41, 5.74) is 2.68. The van der Waals surface area contributed by atoms with Gasteiger partial charge < -0.3 is 9.14 Å². The van der Waals surface area contributed by atoms with Crippen molar-refractivity contribution >= 4 is 21.3 Å². The summed E-state index contributed by atoms with van der Waals surface area (Å²) >= 11 is 0. The van der Waals surface area contributed by atoms with Crippen LogP contribution in [0.3, 0.4) is 0 Å². The number of ketones is 1. The van der Waals surface area contributed by atoms with Crippen molar-refractivity contribution in [1.82, 2.24) is 8.71 Å². The molecule has 1 fully saturated rings. The van der Waals surface area contributed by atoms with Gasteiger partial charge in [0.25, 0.3) is 0 Å². The van der Waals surface area contributed by atoms with E-state index in [1.807, 2.05) is 55.6 Å². The number of hydrogen-bond acceptors (Lipinski definition) is 4. The minimum absolute atomic E-state index is 0.128. The second kappa shape index (κ2) is 7.40. The molecule has 0 amide bonds. The average molecular weight is 413 g/mol. The van der Waals surface area contributed by atoms with E-state index in [1.54, 1.807) is 18.2 Å². The van der Waals surface area contributed by atoms with E-state index in [0.717, 1.165) is 11.1 Å². The molecule has 1 aliphatic rings. The van der Waals surface area contributed by atoms with Crippen molar-refractivity contribution in [3.63, 3.8) is 0 Å². The fourth-order valence-corrected chi connectivity index (χ4v) is 5.59. The van der Waals surface area contributed by atoms with Crippen molar-refractivity contribution in [3.8, 4) is 0 Å². The quantitative estimate of drug-likeness (QED) is 0.617. The largest absolute Gasteiger partial charge is 0.373 e. The summed E-state index contributed by atoms with van der Waals surface area (Å²) in [5, 5.41) is 0. The molecule has 4 rings (SSSR count). The number of carbonyl (C=O) groups is 1. The summed E-state index contributed by atoms with van der Waals surface area (Å²) in [6.07, 6.45) is 1.49. The molecule has 0 radical (unpaired) electrons. The summed E-state index contributed by atoms with van der Waals surface area (Å²) in [7, 11) is -3.71. The minimum atomic E-state index is -3.71. The number of carbonyl (C=O) groups excluding carboxylic acids is 1. The highest BCUT2D eigenvalue weighted by molar-refractivity contribution is 7.89. The Morgan fingerprint density at radius 2 is 1.76 bits per heavy atom. The lowest BCUT2D eigenvalue weighted by Crippen LogP contribution is -2.48. The molecule has 0 N–H and O–H groups in total. The maximum atomic E-state index is 13.3. The Bertz CT molecular complexity index is 1170. The van der Waals surface area contributed by atoms with E-state index >= 15 is 0 Å². The van der Waals surface area contributed by atoms with Gasteiger partial charge in [-0.3, -0.25) is 4.79 Å². The number of rotatable bonds is 4. The van der Waals surface area contributed by atoms with Crippen molar-refractivity contribution in [2.45, 2.75) is 37.9 Å². The number of pyridine rings is 1. The fourth-order valence-electron chi connectivity index (χ4n) is 3.96. The Hall–Kier alpha value is -2.48. The fraction of sp³-hybridized carbons (Fsp3) is 0.318. The number of hydrogen-bond donors (Lipinski definition) is 0. The maximum absolute atomic E-state index is 13.3. The van der Waals surface area contributed by atoms with Crippen LogP contribution < -0.4 is 0 Å². The van der Waals surface area contributed by atoms with Gasteiger partial charge in [0.2, 0.25) is 15.8 Å². The third kappa shape index (κ3) is 3.61. The molecule has 7 heteroatoms. The van der Waals surface area contributed by atoms with Crippen LogP contribution in [0.25, 0.3) is 5.52 Å². The van der Waals surface area contributed by atoms with Crippen LogP contribution in [0.5, 0.6) is 0 Å². The zero-order valence-corrected chi connectivity index (χ0v) is 17.5. The Morgan fingerprint density at radius 3 is 2.48 bits per heavy atom. The van der Waals surface area contributed by atoms with Crippen LogP contribution in [-0.4, -0.2) is 48.2 Å². The number of ether oxygens (including phenoxy) is 1. The van der Waals surface area contributed by atoms with E-state index in [0.29, 0.717) is 24.3 Å². The third-order valence-electron chi connectivity index (χ3n) is 5.21. The van der Waals surface area contributed by atoms with Crippen LogP contribution in [-0.2, 0) is 14.8 Å². The normalized spacial score (nSPS) is 20.8. The van der Waals surface area contributed by atoms with Gasteiger partial charge in [0.05, 0.1) is 22.8 Å². The lowest BCUT2D eigenvalue weighted by Gasteiger charge is -2.34. The molecule has 3 aromatic rings. The molecule has 0 bridgehead atoms. The van der Waals surface area contributed by atoms with Gasteiger partial charge in [-0.05, 0) is 56.7 Å². The van der Waals surface area contributed by atoms with E-state index in [4.69, 9.17) is 4.74 Å². The molecule has 6 nitrogen and oxygen atoms in total. The number of benzene rings is 1. The number of sulfonamides is 1. The molecule has 0 spiro atoms. The first kappa shape index (κ1) is 19.8. The number of aryl methyl sites for hydroxylation is 1. The molecular weight excluding hydrogens is 388 g/mol. The Balaban J connectivity index is 1.72. The number of aromatic nitrogens is 1. The number of nitrogens with zero attached hydrogens (tertiary/aromatic N) is 2. The summed E-state index contributed by atoms with van der Waals surface area (Å²) < 4.78 is 35.3. The van der Waals surface area contributed by atoms with Gasteiger partial charge in [0, 0.05) is 30.4 Å². The second-order valence-corrected chi connectivity index (χ2v) is 9.55. The number of morpholine rings is 1. The lowest BCUT2D eigenvalue weighted by molar-refractivity contribution is -0.0440. The zero-order chi connectivity index (χ0) is 20.8. The van der Waals surface area contributed by atoms with Gasteiger partial charge in [-0.1, -0.05) is 18.2 Å².